The first-order chi connectivity index (χ1) is 4.86. The van der Waals surface area contributed by atoms with Crippen molar-refractivity contribution in [1.29, 1.82) is 0 Å². The summed E-state index contributed by atoms with van der Waals surface area (Å²) in [4.78, 5) is 4.08. The molecule has 1 heterocycles. The minimum atomic E-state index is 0.800. The highest BCUT2D eigenvalue weighted by atomic mass is 14.6. The molecule has 0 aliphatic heterocycles. The van der Waals surface area contributed by atoms with Gasteiger partial charge in [-0.2, -0.15) is 0 Å². The van der Waals surface area contributed by atoms with Gasteiger partial charge in [0.1, 0.15) is 0 Å². The Labute approximate surface area is 61.1 Å². The summed E-state index contributed by atoms with van der Waals surface area (Å²) >= 11 is 0. The Balaban J connectivity index is 2.32. The first-order valence-corrected chi connectivity index (χ1v) is 3.63. The van der Waals surface area contributed by atoms with Gasteiger partial charge in [-0.15, -0.1) is 0 Å². The summed E-state index contributed by atoms with van der Waals surface area (Å²) < 4.78 is 0. The van der Waals surface area contributed by atoms with E-state index in [0.29, 0.717) is 0 Å². The molecule has 0 aromatic carbocycles. The van der Waals surface area contributed by atoms with Crippen LogP contribution < -0.4 is 0 Å². The van der Waals surface area contributed by atoms with Crippen LogP contribution in [0.2, 0.25) is 0 Å². The summed E-state index contributed by atoms with van der Waals surface area (Å²) in [6.07, 6.45) is 6.43. The van der Waals surface area contributed by atoms with Crippen molar-refractivity contribution >= 4 is 0 Å². The van der Waals surface area contributed by atoms with E-state index in [9.17, 15) is 0 Å². The van der Waals surface area contributed by atoms with Crippen LogP contribution in [0.1, 0.15) is 29.9 Å². The Hall–Kier alpha value is -0.850. The number of nitrogens with zero attached hydrogens (tertiary/aromatic N) is 1. The van der Waals surface area contributed by atoms with Crippen molar-refractivity contribution in [1.82, 2.24) is 4.98 Å². The number of pyridine rings is 1. The Bertz CT molecular complexity index is 238. The molecule has 0 bridgehead atoms. The molecule has 2 rings (SSSR count). The fraction of sp³-hybridized carbons (Fsp3) is 0.333. The van der Waals surface area contributed by atoms with Gasteiger partial charge >= 0.3 is 0 Å². The van der Waals surface area contributed by atoms with Crippen LogP contribution in [0.3, 0.4) is 0 Å². The quantitative estimate of drug-likeness (QED) is 0.570. The zero-order chi connectivity index (χ0) is 6.97. The van der Waals surface area contributed by atoms with Crippen LogP contribution in [0.4, 0.5) is 0 Å². The topological polar surface area (TPSA) is 12.9 Å². The lowest BCUT2D eigenvalue weighted by Gasteiger charge is -1.96. The highest BCUT2D eigenvalue weighted by Gasteiger charge is 2.23. The number of hydrogen-bond donors (Lipinski definition) is 0. The molecule has 10 heavy (non-hydrogen) atoms. The second-order valence-electron chi connectivity index (χ2n) is 2.90. The van der Waals surface area contributed by atoms with E-state index in [4.69, 9.17) is 0 Å². The molecule has 51 valence electrons. The molecule has 1 heteroatoms. The summed E-state index contributed by atoms with van der Waals surface area (Å²) in [6.45, 7) is 3.83. The largest absolute Gasteiger partial charge is 0.264 e. The number of aromatic nitrogens is 1. The molecule has 0 unspecified atom stereocenters. The molecule has 1 aromatic heterocycles. The molecule has 1 aromatic rings. The second-order valence-corrected chi connectivity index (χ2v) is 2.90. The molecule has 1 nitrogen and oxygen atoms in total. The molecule has 0 amide bonds. The van der Waals surface area contributed by atoms with E-state index in [1.54, 1.807) is 6.20 Å². The average molecular weight is 132 g/mol. The fourth-order valence-electron chi connectivity index (χ4n) is 1.15. The molecule has 1 saturated carbocycles. The number of hydrogen-bond acceptors (Lipinski definition) is 1. The highest BCUT2D eigenvalue weighted by molar-refractivity contribution is 5.26. The average Bonchev–Trinajstić information content (AvgIpc) is 2.68. The standard InChI is InChI=1S/C9H10N/c1-7-4-9(6-10-5-7)8-2-3-8/h4-6,8H,1-3H2. The fourth-order valence-corrected chi connectivity index (χ4v) is 1.15. The van der Waals surface area contributed by atoms with Crippen molar-refractivity contribution in [3.05, 3.63) is 36.5 Å². The summed E-state index contributed by atoms with van der Waals surface area (Å²) in [6, 6.07) is 2.13. The van der Waals surface area contributed by atoms with Gasteiger partial charge < -0.3 is 0 Å². The van der Waals surface area contributed by atoms with E-state index in [0.717, 1.165) is 11.5 Å². The zero-order valence-electron chi connectivity index (χ0n) is 5.88. The van der Waals surface area contributed by atoms with Gasteiger partial charge in [0.15, 0.2) is 0 Å². The maximum atomic E-state index is 4.08. The van der Waals surface area contributed by atoms with Crippen molar-refractivity contribution in [3.63, 3.8) is 0 Å². The van der Waals surface area contributed by atoms with Crippen LogP contribution in [0.5, 0.6) is 0 Å². The third kappa shape index (κ3) is 1.04. The first-order valence-electron chi connectivity index (χ1n) is 3.63. The van der Waals surface area contributed by atoms with Crippen molar-refractivity contribution in [3.8, 4) is 0 Å². The maximum Gasteiger partial charge on any atom is 0.0302 e. The van der Waals surface area contributed by atoms with Gasteiger partial charge in [0.05, 0.1) is 0 Å². The van der Waals surface area contributed by atoms with Crippen molar-refractivity contribution in [2.75, 3.05) is 0 Å². The predicted molar refractivity (Wildman–Crippen MR) is 40.7 cm³/mol. The van der Waals surface area contributed by atoms with Crippen LogP contribution in [0, 0.1) is 6.92 Å². The van der Waals surface area contributed by atoms with Gasteiger partial charge in [-0.05, 0) is 36.8 Å². The molecule has 0 spiro atoms. The molecular weight excluding hydrogens is 122 g/mol. The Morgan fingerprint density at radius 1 is 1.40 bits per heavy atom. The highest BCUT2D eigenvalue weighted by Crippen LogP contribution is 2.39. The van der Waals surface area contributed by atoms with Gasteiger partial charge in [-0.3, -0.25) is 4.98 Å². The van der Waals surface area contributed by atoms with E-state index in [1.807, 2.05) is 6.20 Å². The lowest BCUT2D eigenvalue weighted by atomic mass is 10.1. The van der Waals surface area contributed by atoms with Gasteiger partial charge in [-0.1, -0.05) is 6.07 Å². The zero-order valence-corrected chi connectivity index (χ0v) is 5.88. The maximum absolute atomic E-state index is 4.08. The lowest BCUT2D eigenvalue weighted by Crippen LogP contribution is -1.82. The van der Waals surface area contributed by atoms with Crippen molar-refractivity contribution in [2.24, 2.45) is 0 Å². The van der Waals surface area contributed by atoms with Gasteiger partial charge in [0, 0.05) is 12.4 Å². The SMILES string of the molecule is [CH2]c1cncc(C2CC2)c1. The van der Waals surface area contributed by atoms with Gasteiger partial charge in [-0.25, -0.2) is 0 Å². The Kier molecular flexibility index (Phi) is 1.23. The molecule has 1 aliphatic rings. The van der Waals surface area contributed by atoms with E-state index in [-0.39, 0.29) is 0 Å². The molecule has 1 aliphatic carbocycles. The van der Waals surface area contributed by atoms with Crippen LogP contribution >= 0.6 is 0 Å². The van der Waals surface area contributed by atoms with E-state index >= 15 is 0 Å². The molecule has 0 saturated heterocycles. The van der Waals surface area contributed by atoms with E-state index < -0.39 is 0 Å². The smallest absolute Gasteiger partial charge is 0.0302 e. The third-order valence-electron chi connectivity index (χ3n) is 1.86. The molecular formula is C9H10N. The van der Waals surface area contributed by atoms with Crippen LogP contribution in [-0.4, -0.2) is 4.98 Å². The van der Waals surface area contributed by atoms with Crippen LogP contribution in [0.15, 0.2) is 18.5 Å². The van der Waals surface area contributed by atoms with Gasteiger partial charge in [0.2, 0.25) is 0 Å². The Morgan fingerprint density at radius 2 is 2.20 bits per heavy atom. The van der Waals surface area contributed by atoms with Crippen LogP contribution in [-0.2, 0) is 0 Å². The third-order valence-corrected chi connectivity index (χ3v) is 1.86. The Morgan fingerprint density at radius 3 is 2.80 bits per heavy atom. The van der Waals surface area contributed by atoms with Crippen molar-refractivity contribution < 1.29 is 0 Å². The van der Waals surface area contributed by atoms with E-state index in [2.05, 4.69) is 18.0 Å². The van der Waals surface area contributed by atoms with Crippen molar-refractivity contribution in [2.45, 2.75) is 18.8 Å². The summed E-state index contributed by atoms with van der Waals surface area (Å²) in [5, 5.41) is 0. The summed E-state index contributed by atoms with van der Waals surface area (Å²) in [5.74, 6) is 0.800. The molecule has 0 N–H and O–H groups in total. The normalized spacial score (nSPS) is 17.3. The molecule has 0 atom stereocenters. The summed E-state index contributed by atoms with van der Waals surface area (Å²) in [5.41, 5.74) is 2.40. The monoisotopic (exact) mass is 132 g/mol. The second kappa shape index (κ2) is 2.08. The predicted octanol–water partition coefficient (Wildman–Crippen LogP) is 2.14. The lowest BCUT2D eigenvalue weighted by molar-refractivity contribution is 1.09. The van der Waals surface area contributed by atoms with Gasteiger partial charge in [0.25, 0.3) is 0 Å². The minimum absolute atomic E-state index is 0.800. The number of rotatable bonds is 1. The van der Waals surface area contributed by atoms with E-state index in [1.165, 1.54) is 18.4 Å². The summed E-state index contributed by atoms with van der Waals surface area (Å²) in [7, 11) is 0. The molecule has 1 radical (unpaired) electrons. The first kappa shape index (κ1) is 5.90. The van der Waals surface area contributed by atoms with Crippen LogP contribution in [0.25, 0.3) is 0 Å². The molecule has 1 fully saturated rings. The minimum Gasteiger partial charge on any atom is -0.264 e.